The van der Waals surface area contributed by atoms with Gasteiger partial charge in [0.05, 0.1) is 7.11 Å². The van der Waals surface area contributed by atoms with Gasteiger partial charge in [0.25, 0.3) is 0 Å². The molecule has 2 N–H and O–H groups in total. The molecule has 39 heavy (non-hydrogen) atoms. The van der Waals surface area contributed by atoms with E-state index >= 15 is 0 Å². The van der Waals surface area contributed by atoms with Crippen LogP contribution in [-0.2, 0) is 30.3 Å². The van der Waals surface area contributed by atoms with Crippen molar-refractivity contribution in [2.75, 3.05) is 20.2 Å². The smallest absolute Gasteiger partial charge is 0.408 e. The number of rotatable bonds is 11. The maximum Gasteiger partial charge on any atom is 0.408 e. The van der Waals surface area contributed by atoms with Crippen LogP contribution in [0.2, 0.25) is 0 Å². The van der Waals surface area contributed by atoms with Crippen molar-refractivity contribution in [3.63, 3.8) is 0 Å². The standard InChI is InChI=1S/C30H41N3O6/c1-8-17-33(26(27(35)31-19-24(34)38-7)25-20(2)13-12-14-21(25)3)28(36)23(18-22-15-10-9-11-16-22)32-29(37)39-30(4,5)6/h9-16,23,26H,8,17-19H2,1-7H3,(H,31,35)(H,32,37). The van der Waals surface area contributed by atoms with Crippen LogP contribution in [0.4, 0.5) is 4.79 Å². The number of amides is 3. The maximum absolute atomic E-state index is 14.3. The predicted molar refractivity (Wildman–Crippen MR) is 149 cm³/mol. The first-order valence-electron chi connectivity index (χ1n) is 13.1. The molecule has 2 atom stereocenters. The van der Waals surface area contributed by atoms with Crippen molar-refractivity contribution in [2.24, 2.45) is 0 Å². The third-order valence-corrected chi connectivity index (χ3v) is 6.03. The van der Waals surface area contributed by atoms with Gasteiger partial charge in [-0.15, -0.1) is 0 Å². The number of aryl methyl sites for hydroxylation is 2. The van der Waals surface area contributed by atoms with Gasteiger partial charge >= 0.3 is 12.1 Å². The van der Waals surface area contributed by atoms with E-state index in [0.29, 0.717) is 12.0 Å². The number of alkyl carbamates (subject to hydrolysis) is 1. The van der Waals surface area contributed by atoms with E-state index < -0.39 is 41.6 Å². The largest absolute Gasteiger partial charge is 0.468 e. The topological polar surface area (TPSA) is 114 Å². The van der Waals surface area contributed by atoms with Gasteiger partial charge in [-0.1, -0.05) is 55.5 Å². The molecule has 0 saturated carbocycles. The lowest BCUT2D eigenvalue weighted by Crippen LogP contribution is -2.54. The molecule has 0 radical (unpaired) electrons. The maximum atomic E-state index is 14.3. The Balaban J connectivity index is 2.56. The lowest BCUT2D eigenvalue weighted by Gasteiger charge is -2.35. The summed E-state index contributed by atoms with van der Waals surface area (Å²) in [6.07, 6.45) is 0.0247. The van der Waals surface area contributed by atoms with E-state index in [1.165, 1.54) is 12.0 Å². The van der Waals surface area contributed by atoms with Gasteiger partial charge in [0, 0.05) is 13.0 Å². The van der Waals surface area contributed by atoms with Crippen molar-refractivity contribution < 1.29 is 28.7 Å². The number of hydrogen-bond acceptors (Lipinski definition) is 6. The first kappa shape index (κ1) is 31.3. The Labute approximate surface area is 231 Å². The number of carbonyl (C=O) groups excluding carboxylic acids is 4. The Morgan fingerprint density at radius 3 is 2.10 bits per heavy atom. The molecule has 2 aromatic carbocycles. The molecule has 0 aliphatic rings. The minimum Gasteiger partial charge on any atom is -0.468 e. The highest BCUT2D eigenvalue weighted by Gasteiger charge is 2.37. The second-order valence-corrected chi connectivity index (χ2v) is 10.4. The highest BCUT2D eigenvalue weighted by Crippen LogP contribution is 2.29. The van der Waals surface area contributed by atoms with Gasteiger partial charge in [-0.05, 0) is 63.3 Å². The van der Waals surface area contributed by atoms with Crippen molar-refractivity contribution in [1.82, 2.24) is 15.5 Å². The van der Waals surface area contributed by atoms with Crippen molar-refractivity contribution in [3.05, 3.63) is 70.8 Å². The number of nitrogens with zero attached hydrogens (tertiary/aromatic N) is 1. The number of benzene rings is 2. The first-order valence-corrected chi connectivity index (χ1v) is 13.1. The molecule has 0 aromatic heterocycles. The van der Waals surface area contributed by atoms with Gasteiger partial charge in [0.15, 0.2) is 0 Å². The molecule has 0 bridgehead atoms. The van der Waals surface area contributed by atoms with Gasteiger partial charge in [0.1, 0.15) is 24.2 Å². The molecule has 212 valence electrons. The van der Waals surface area contributed by atoms with E-state index in [1.54, 1.807) is 20.8 Å². The van der Waals surface area contributed by atoms with Crippen LogP contribution in [0.15, 0.2) is 48.5 Å². The quantitative estimate of drug-likeness (QED) is 0.417. The molecule has 2 rings (SSSR count). The second kappa shape index (κ2) is 14.3. The van der Waals surface area contributed by atoms with Crippen molar-refractivity contribution in [1.29, 1.82) is 0 Å². The number of esters is 1. The molecule has 0 heterocycles. The lowest BCUT2D eigenvalue weighted by molar-refractivity contribution is -0.144. The molecule has 2 unspecified atom stereocenters. The summed E-state index contributed by atoms with van der Waals surface area (Å²) in [7, 11) is 1.24. The number of carbonyl (C=O) groups is 4. The summed E-state index contributed by atoms with van der Waals surface area (Å²) in [5.41, 5.74) is 2.38. The van der Waals surface area contributed by atoms with E-state index in [1.807, 2.05) is 69.3 Å². The van der Waals surface area contributed by atoms with E-state index in [-0.39, 0.29) is 19.5 Å². The second-order valence-electron chi connectivity index (χ2n) is 10.4. The Morgan fingerprint density at radius 1 is 0.949 bits per heavy atom. The monoisotopic (exact) mass is 539 g/mol. The molecule has 0 saturated heterocycles. The molecule has 9 heteroatoms. The zero-order chi connectivity index (χ0) is 29.2. The van der Waals surface area contributed by atoms with Crippen LogP contribution in [-0.4, -0.2) is 60.6 Å². The molecule has 3 amide bonds. The Bertz CT molecular complexity index is 1120. The fourth-order valence-corrected chi connectivity index (χ4v) is 4.32. The molecular weight excluding hydrogens is 498 g/mol. The normalized spacial score (nSPS) is 12.6. The third-order valence-electron chi connectivity index (χ3n) is 6.03. The van der Waals surface area contributed by atoms with E-state index in [4.69, 9.17) is 4.74 Å². The number of ether oxygens (including phenoxy) is 2. The van der Waals surface area contributed by atoms with Crippen LogP contribution in [0.1, 0.15) is 62.4 Å². The summed E-state index contributed by atoms with van der Waals surface area (Å²) in [6, 6.07) is 12.9. The summed E-state index contributed by atoms with van der Waals surface area (Å²) in [4.78, 5) is 54.0. The highest BCUT2D eigenvalue weighted by atomic mass is 16.6. The summed E-state index contributed by atoms with van der Waals surface area (Å²) in [6.45, 7) is 10.8. The molecule has 0 spiro atoms. The van der Waals surface area contributed by atoms with Crippen molar-refractivity contribution in [3.8, 4) is 0 Å². The molecule has 0 fully saturated rings. The van der Waals surface area contributed by atoms with Crippen LogP contribution in [0.5, 0.6) is 0 Å². The van der Waals surface area contributed by atoms with Crippen LogP contribution in [0, 0.1) is 13.8 Å². The van der Waals surface area contributed by atoms with Crippen molar-refractivity contribution >= 4 is 23.9 Å². The van der Waals surface area contributed by atoms with E-state index in [0.717, 1.165) is 16.7 Å². The predicted octanol–water partition coefficient (Wildman–Crippen LogP) is 4.01. The van der Waals surface area contributed by atoms with Crippen LogP contribution < -0.4 is 10.6 Å². The minimum absolute atomic E-state index is 0.197. The van der Waals surface area contributed by atoms with Gasteiger partial charge < -0.3 is 25.0 Å². The number of nitrogens with one attached hydrogen (secondary N) is 2. The lowest BCUT2D eigenvalue weighted by atomic mass is 9.93. The zero-order valence-electron chi connectivity index (χ0n) is 24.0. The SMILES string of the molecule is CCCN(C(=O)C(Cc1ccccc1)NC(=O)OC(C)(C)C)C(C(=O)NCC(=O)OC)c1c(C)cccc1C. The molecular formula is C30H41N3O6. The van der Waals surface area contributed by atoms with E-state index in [2.05, 4.69) is 15.4 Å². The fourth-order valence-electron chi connectivity index (χ4n) is 4.32. The van der Waals surface area contributed by atoms with Gasteiger partial charge in [-0.25, -0.2) is 4.79 Å². The fraction of sp³-hybridized carbons (Fsp3) is 0.467. The Hall–Kier alpha value is -3.88. The molecule has 2 aromatic rings. The Morgan fingerprint density at radius 2 is 1.56 bits per heavy atom. The minimum atomic E-state index is -1.04. The molecule has 0 aliphatic carbocycles. The summed E-state index contributed by atoms with van der Waals surface area (Å²) in [5.74, 6) is -1.56. The average molecular weight is 540 g/mol. The van der Waals surface area contributed by atoms with Crippen LogP contribution >= 0.6 is 0 Å². The molecule has 9 nitrogen and oxygen atoms in total. The first-order chi connectivity index (χ1) is 18.4. The Kier molecular flexibility index (Phi) is 11.5. The average Bonchev–Trinajstić information content (AvgIpc) is 2.87. The summed E-state index contributed by atoms with van der Waals surface area (Å²) < 4.78 is 10.1. The van der Waals surface area contributed by atoms with Gasteiger partial charge in [0.2, 0.25) is 11.8 Å². The van der Waals surface area contributed by atoms with Crippen LogP contribution in [0.3, 0.4) is 0 Å². The number of methoxy groups -OCH3 is 1. The third kappa shape index (κ3) is 9.42. The highest BCUT2D eigenvalue weighted by molar-refractivity contribution is 5.93. The summed E-state index contributed by atoms with van der Waals surface area (Å²) >= 11 is 0. The number of hydrogen-bond donors (Lipinski definition) is 2. The van der Waals surface area contributed by atoms with E-state index in [9.17, 15) is 19.2 Å². The van der Waals surface area contributed by atoms with Crippen molar-refractivity contribution in [2.45, 2.75) is 72.1 Å². The summed E-state index contributed by atoms with van der Waals surface area (Å²) in [5, 5.41) is 5.36. The zero-order valence-corrected chi connectivity index (χ0v) is 24.0. The van der Waals surface area contributed by atoms with Crippen LogP contribution in [0.25, 0.3) is 0 Å². The molecule has 0 aliphatic heterocycles. The van der Waals surface area contributed by atoms with Gasteiger partial charge in [-0.3, -0.25) is 14.4 Å². The van der Waals surface area contributed by atoms with Gasteiger partial charge in [-0.2, -0.15) is 0 Å².